The van der Waals surface area contributed by atoms with E-state index in [4.69, 9.17) is 4.74 Å². The third-order valence-electron chi connectivity index (χ3n) is 5.38. The first kappa shape index (κ1) is 18.9. The number of rotatable bonds is 3. The number of anilines is 1. The average Bonchev–Trinajstić information content (AvgIpc) is 2.97. The Labute approximate surface area is 165 Å². The van der Waals surface area contributed by atoms with Crippen molar-refractivity contribution in [2.24, 2.45) is 0 Å². The van der Waals surface area contributed by atoms with Gasteiger partial charge in [0, 0.05) is 12.0 Å². The van der Waals surface area contributed by atoms with Crippen LogP contribution in [0.3, 0.4) is 0 Å². The van der Waals surface area contributed by atoms with Crippen molar-refractivity contribution in [1.82, 2.24) is 0 Å². The van der Waals surface area contributed by atoms with Crippen LogP contribution in [0.25, 0.3) is 0 Å². The number of hydrogen-bond acceptors (Lipinski definition) is 3. The minimum absolute atomic E-state index is 0. The van der Waals surface area contributed by atoms with E-state index >= 15 is 0 Å². The fraction of sp³-hybridized carbons (Fsp3) is 0.381. The molecule has 0 radical (unpaired) electrons. The zero-order valence-corrected chi connectivity index (χ0v) is 16.9. The molecule has 0 saturated carbocycles. The van der Waals surface area contributed by atoms with Gasteiger partial charge in [-0.2, -0.15) is 0 Å². The van der Waals surface area contributed by atoms with Crippen LogP contribution in [0, 0.1) is 6.92 Å². The number of β-amino-alcohol motifs (C(OH)–C–C–N with tert-alkyl or cyclic N) is 1. The summed E-state index contributed by atoms with van der Waals surface area (Å²) in [4.78, 5) is 2.28. The highest BCUT2D eigenvalue weighted by Gasteiger charge is 2.52. The highest BCUT2D eigenvalue weighted by atomic mass is 79.9. The summed E-state index contributed by atoms with van der Waals surface area (Å²) in [7, 11) is 1.66. The lowest BCUT2D eigenvalue weighted by Gasteiger charge is -2.24. The first-order valence-corrected chi connectivity index (χ1v) is 8.96. The van der Waals surface area contributed by atoms with Gasteiger partial charge < -0.3 is 26.8 Å². The Kier molecular flexibility index (Phi) is 5.39. The summed E-state index contributed by atoms with van der Waals surface area (Å²) in [5, 5.41) is 11.6. The fourth-order valence-electron chi connectivity index (χ4n) is 3.96. The van der Waals surface area contributed by atoms with E-state index in [-0.39, 0.29) is 17.0 Å². The minimum Gasteiger partial charge on any atom is -1.00 e. The second-order valence-corrected chi connectivity index (χ2v) is 6.99. The van der Waals surface area contributed by atoms with Gasteiger partial charge in [-0.3, -0.25) is 0 Å². The van der Waals surface area contributed by atoms with E-state index in [0.29, 0.717) is 6.54 Å². The van der Waals surface area contributed by atoms with Crippen molar-refractivity contribution in [2.75, 3.05) is 25.1 Å². The van der Waals surface area contributed by atoms with Gasteiger partial charge in [0.1, 0.15) is 11.4 Å². The molecule has 0 amide bonds. The number of halogens is 1. The number of amidine groups is 1. The third-order valence-corrected chi connectivity index (χ3v) is 5.38. The molecule has 2 aromatic carbocycles. The zero-order valence-electron chi connectivity index (χ0n) is 15.3. The second-order valence-electron chi connectivity index (χ2n) is 6.99. The Balaban J connectivity index is 0.00000196. The summed E-state index contributed by atoms with van der Waals surface area (Å²) >= 11 is 0. The molecule has 2 heterocycles. The van der Waals surface area contributed by atoms with E-state index in [1.807, 2.05) is 24.3 Å². The standard InChI is InChI=1S/C21H25N2O2.BrH/c1-16-6-10-18(11-7-16)22-15-21(24,23-14-4-3-5-20(22)23)17-8-12-19(25-2)13-9-17;/h6-13,24H,3-5,14-15H2,1-2H3;1H/q+1;/p-1. The largest absolute Gasteiger partial charge is 1.00 e. The summed E-state index contributed by atoms with van der Waals surface area (Å²) in [5.74, 6) is 2.04. The van der Waals surface area contributed by atoms with Crippen LogP contribution in [-0.2, 0) is 5.72 Å². The molecule has 2 aliphatic rings. The van der Waals surface area contributed by atoms with E-state index in [2.05, 4.69) is 40.7 Å². The van der Waals surface area contributed by atoms with Crippen molar-refractivity contribution >= 4 is 11.5 Å². The highest BCUT2D eigenvalue weighted by Crippen LogP contribution is 2.36. The molecule has 5 heteroatoms. The Morgan fingerprint density at radius 1 is 1.04 bits per heavy atom. The maximum absolute atomic E-state index is 11.6. The Bertz CT molecular complexity index is 802. The molecule has 0 aliphatic carbocycles. The molecule has 26 heavy (non-hydrogen) atoms. The van der Waals surface area contributed by atoms with Crippen molar-refractivity contribution in [3.05, 3.63) is 59.7 Å². The van der Waals surface area contributed by atoms with Gasteiger partial charge in [0.25, 0.3) is 11.6 Å². The van der Waals surface area contributed by atoms with E-state index in [1.165, 1.54) is 17.8 Å². The summed E-state index contributed by atoms with van der Waals surface area (Å²) in [6, 6.07) is 16.4. The molecule has 138 valence electrons. The molecule has 2 aliphatic heterocycles. The Morgan fingerprint density at radius 2 is 1.73 bits per heavy atom. The lowest BCUT2D eigenvalue weighted by atomic mass is 10.0. The van der Waals surface area contributed by atoms with Gasteiger partial charge in [0.05, 0.1) is 13.7 Å². The van der Waals surface area contributed by atoms with Crippen LogP contribution in [0.1, 0.15) is 30.4 Å². The molecule has 0 bridgehead atoms. The van der Waals surface area contributed by atoms with Crippen molar-refractivity contribution in [2.45, 2.75) is 31.9 Å². The minimum atomic E-state index is -0.993. The SMILES string of the molecule is COc1ccc(C2(O)CN(c3ccc(C)cc3)C3=[N+]2CCCC3)cc1.[Br-]. The Hall–Kier alpha value is -1.85. The summed E-state index contributed by atoms with van der Waals surface area (Å²) < 4.78 is 7.45. The Morgan fingerprint density at radius 3 is 2.38 bits per heavy atom. The monoisotopic (exact) mass is 416 g/mol. The summed E-state index contributed by atoms with van der Waals surface area (Å²) in [6.07, 6.45) is 3.29. The number of aliphatic hydroxyl groups is 1. The average molecular weight is 417 g/mol. The molecule has 0 spiro atoms. The van der Waals surface area contributed by atoms with Crippen molar-refractivity contribution < 1.29 is 31.4 Å². The van der Waals surface area contributed by atoms with Crippen LogP contribution in [0.4, 0.5) is 5.69 Å². The zero-order chi connectivity index (χ0) is 17.4. The van der Waals surface area contributed by atoms with Gasteiger partial charge in [-0.15, -0.1) is 0 Å². The number of aryl methyl sites for hydroxylation is 1. The highest BCUT2D eigenvalue weighted by molar-refractivity contribution is 5.96. The molecule has 1 N–H and O–H groups in total. The van der Waals surface area contributed by atoms with Crippen LogP contribution in [0.15, 0.2) is 48.5 Å². The normalized spacial score (nSPS) is 22.0. The topological polar surface area (TPSA) is 35.7 Å². The summed E-state index contributed by atoms with van der Waals surface area (Å²) in [6.45, 7) is 3.54. The lowest BCUT2D eigenvalue weighted by molar-refractivity contribution is -0.661. The molecule has 2 aromatic rings. The fourth-order valence-corrected chi connectivity index (χ4v) is 3.96. The number of nitrogens with zero attached hydrogens (tertiary/aromatic N) is 2. The van der Waals surface area contributed by atoms with E-state index < -0.39 is 5.72 Å². The summed E-state index contributed by atoms with van der Waals surface area (Å²) in [5.41, 5.74) is 2.32. The van der Waals surface area contributed by atoms with Gasteiger partial charge in [0.15, 0.2) is 6.54 Å². The van der Waals surface area contributed by atoms with E-state index in [0.717, 1.165) is 36.4 Å². The van der Waals surface area contributed by atoms with Gasteiger partial charge in [-0.25, -0.2) is 9.48 Å². The van der Waals surface area contributed by atoms with Gasteiger partial charge >= 0.3 is 0 Å². The van der Waals surface area contributed by atoms with E-state index in [9.17, 15) is 5.11 Å². The maximum Gasteiger partial charge on any atom is 0.271 e. The smallest absolute Gasteiger partial charge is 0.271 e. The van der Waals surface area contributed by atoms with Crippen LogP contribution in [0.5, 0.6) is 5.75 Å². The lowest BCUT2D eigenvalue weighted by Crippen LogP contribution is -3.00. The predicted octanol–water partition coefficient (Wildman–Crippen LogP) is 0.268. The molecule has 4 rings (SSSR count). The first-order valence-electron chi connectivity index (χ1n) is 8.96. The van der Waals surface area contributed by atoms with Gasteiger partial charge in [-0.05, 0) is 56.2 Å². The van der Waals surface area contributed by atoms with Gasteiger partial charge in [0.2, 0.25) is 0 Å². The number of benzene rings is 2. The van der Waals surface area contributed by atoms with E-state index in [1.54, 1.807) is 7.11 Å². The number of methoxy groups -OCH3 is 1. The number of hydrogen-bond donors (Lipinski definition) is 1. The quantitative estimate of drug-likeness (QED) is 0.729. The predicted molar refractivity (Wildman–Crippen MR) is 99.4 cm³/mol. The first-order chi connectivity index (χ1) is 12.1. The number of ether oxygens (including phenoxy) is 1. The van der Waals surface area contributed by atoms with Crippen molar-refractivity contribution in [3.63, 3.8) is 0 Å². The molecule has 0 aromatic heterocycles. The molecular formula is C21H25BrN2O2. The maximum atomic E-state index is 11.6. The molecule has 0 fully saturated rings. The molecule has 4 nitrogen and oxygen atoms in total. The van der Waals surface area contributed by atoms with Crippen molar-refractivity contribution in [1.29, 1.82) is 0 Å². The van der Waals surface area contributed by atoms with Crippen molar-refractivity contribution in [3.8, 4) is 5.75 Å². The molecule has 1 unspecified atom stereocenters. The molecular weight excluding hydrogens is 392 g/mol. The van der Waals surface area contributed by atoms with Crippen LogP contribution >= 0.6 is 0 Å². The van der Waals surface area contributed by atoms with Crippen LogP contribution in [-0.4, -0.2) is 35.7 Å². The van der Waals surface area contributed by atoms with Gasteiger partial charge in [-0.1, -0.05) is 17.7 Å². The molecule has 0 saturated heterocycles. The van der Waals surface area contributed by atoms with Crippen LogP contribution in [0.2, 0.25) is 0 Å². The van der Waals surface area contributed by atoms with Crippen LogP contribution < -0.4 is 26.6 Å². The third kappa shape index (κ3) is 3.14. The molecule has 1 atom stereocenters. The second kappa shape index (κ2) is 7.41.